The first kappa shape index (κ1) is 25.1. The van der Waals surface area contributed by atoms with E-state index in [1.165, 1.54) is 48.4 Å². The zero-order valence-electron chi connectivity index (χ0n) is 18.7. The minimum absolute atomic E-state index is 0.0853. The Labute approximate surface area is 177 Å². The van der Waals surface area contributed by atoms with Crippen LogP contribution in [-0.4, -0.2) is 25.5 Å². The molecule has 0 aliphatic carbocycles. The van der Waals surface area contributed by atoms with Crippen molar-refractivity contribution >= 4 is 16.7 Å². The van der Waals surface area contributed by atoms with Gasteiger partial charge in [-0.1, -0.05) is 82.9 Å². The fraction of sp³-hybridized carbons (Fsp3) is 0.560. The molecular formula is C25H41N3O. The van der Waals surface area contributed by atoms with Gasteiger partial charge in [-0.15, -0.1) is 0 Å². The predicted octanol–water partition coefficient (Wildman–Crippen LogP) is 5.01. The summed E-state index contributed by atoms with van der Waals surface area (Å²) in [4.78, 5) is 11.9. The maximum atomic E-state index is 11.9. The molecular weight excluding hydrogens is 358 g/mol. The Kier molecular flexibility index (Phi) is 13.8. The number of carbonyl (C=O) groups is 1. The van der Waals surface area contributed by atoms with Gasteiger partial charge >= 0.3 is 0 Å². The van der Waals surface area contributed by atoms with Crippen molar-refractivity contribution in [3.8, 4) is 0 Å². The third-order valence-electron chi connectivity index (χ3n) is 5.14. The van der Waals surface area contributed by atoms with E-state index >= 15 is 0 Å². The minimum Gasteiger partial charge on any atom is -0.355 e. The van der Waals surface area contributed by atoms with Gasteiger partial charge in [-0.2, -0.15) is 0 Å². The highest BCUT2D eigenvalue weighted by molar-refractivity contribution is 5.83. The Bertz CT molecular complexity index is 685. The molecule has 0 spiro atoms. The lowest BCUT2D eigenvalue weighted by Gasteiger charge is -2.14. The first-order valence-electron chi connectivity index (χ1n) is 11.3. The fourth-order valence-corrected chi connectivity index (χ4v) is 3.31. The van der Waals surface area contributed by atoms with Gasteiger partial charge in [0.05, 0.1) is 6.54 Å². The number of rotatable bonds is 12. The van der Waals surface area contributed by atoms with Crippen LogP contribution in [0.5, 0.6) is 0 Å². The molecule has 29 heavy (non-hydrogen) atoms. The minimum atomic E-state index is 0.0853. The summed E-state index contributed by atoms with van der Waals surface area (Å²) in [7, 11) is 0. The van der Waals surface area contributed by atoms with E-state index in [0.29, 0.717) is 13.1 Å². The lowest BCUT2D eigenvalue weighted by atomic mass is 9.97. The van der Waals surface area contributed by atoms with Crippen LogP contribution < -0.4 is 16.4 Å². The topological polar surface area (TPSA) is 67.2 Å². The van der Waals surface area contributed by atoms with Crippen molar-refractivity contribution < 1.29 is 4.79 Å². The van der Waals surface area contributed by atoms with Crippen LogP contribution in [-0.2, 0) is 11.3 Å². The van der Waals surface area contributed by atoms with Gasteiger partial charge in [0.1, 0.15) is 0 Å². The van der Waals surface area contributed by atoms with E-state index in [4.69, 9.17) is 5.73 Å². The monoisotopic (exact) mass is 399 g/mol. The molecule has 4 N–H and O–H groups in total. The zero-order valence-corrected chi connectivity index (χ0v) is 18.7. The molecule has 0 saturated heterocycles. The summed E-state index contributed by atoms with van der Waals surface area (Å²) < 4.78 is 0. The Morgan fingerprint density at radius 3 is 2.38 bits per heavy atom. The summed E-state index contributed by atoms with van der Waals surface area (Å²) >= 11 is 0. The molecule has 162 valence electrons. The van der Waals surface area contributed by atoms with Crippen LogP contribution in [0.15, 0.2) is 42.5 Å². The summed E-state index contributed by atoms with van der Waals surface area (Å²) in [6.07, 6.45) is 7.15. The summed E-state index contributed by atoms with van der Waals surface area (Å²) in [6, 6.07) is 14.8. The number of hydrogen-bond donors (Lipinski definition) is 3. The normalized spacial score (nSPS) is 11.6. The lowest BCUT2D eigenvalue weighted by molar-refractivity contribution is -0.120. The molecule has 1 amide bonds. The van der Waals surface area contributed by atoms with Gasteiger partial charge in [-0.05, 0) is 47.7 Å². The van der Waals surface area contributed by atoms with E-state index in [1.807, 2.05) is 6.07 Å². The molecule has 2 aromatic carbocycles. The van der Waals surface area contributed by atoms with Gasteiger partial charge in [0.15, 0.2) is 0 Å². The molecule has 0 fully saturated rings. The third-order valence-corrected chi connectivity index (χ3v) is 5.14. The van der Waals surface area contributed by atoms with Crippen molar-refractivity contribution in [3.63, 3.8) is 0 Å². The Morgan fingerprint density at radius 2 is 1.76 bits per heavy atom. The van der Waals surface area contributed by atoms with E-state index in [-0.39, 0.29) is 5.91 Å². The average Bonchev–Trinajstić information content (AvgIpc) is 2.74. The highest BCUT2D eigenvalue weighted by atomic mass is 16.1. The van der Waals surface area contributed by atoms with Crippen molar-refractivity contribution in [2.45, 2.75) is 65.8 Å². The number of unbranched alkanes of at least 4 members (excludes halogenated alkanes) is 1. The van der Waals surface area contributed by atoms with E-state index in [2.05, 4.69) is 67.8 Å². The Balaban J connectivity index is 0.000000749. The van der Waals surface area contributed by atoms with Crippen LogP contribution >= 0.6 is 0 Å². The van der Waals surface area contributed by atoms with Gasteiger partial charge in [-0.3, -0.25) is 4.79 Å². The first-order valence-corrected chi connectivity index (χ1v) is 11.3. The number of carbonyl (C=O) groups excluding carboxylic acids is 1. The quantitative estimate of drug-likeness (QED) is 0.470. The van der Waals surface area contributed by atoms with Gasteiger partial charge in [-0.25, -0.2) is 0 Å². The molecule has 2 aromatic rings. The van der Waals surface area contributed by atoms with Crippen molar-refractivity contribution in [1.29, 1.82) is 0 Å². The molecule has 4 nitrogen and oxygen atoms in total. The number of nitrogens with one attached hydrogen (secondary N) is 2. The van der Waals surface area contributed by atoms with Crippen molar-refractivity contribution in [2.24, 2.45) is 11.7 Å². The molecule has 1 atom stereocenters. The molecule has 0 aromatic heterocycles. The van der Waals surface area contributed by atoms with Crippen LogP contribution in [0.2, 0.25) is 0 Å². The molecule has 0 bridgehead atoms. The standard InChI is InChI=1S/C21H30N2O.C4H11N/c1-3-7-17(4-2)12-13-23-21(24)16-22-15-18-10-11-19-8-5-6-9-20(19)14-18;1-2-3-4-5/h5-6,8-11,14,17,22H,3-4,7,12-13,15-16H2,1-2H3,(H,23,24);2-5H2,1H3. The van der Waals surface area contributed by atoms with Crippen molar-refractivity contribution in [1.82, 2.24) is 10.6 Å². The fourth-order valence-electron chi connectivity index (χ4n) is 3.31. The van der Waals surface area contributed by atoms with Crippen molar-refractivity contribution in [2.75, 3.05) is 19.6 Å². The molecule has 0 saturated carbocycles. The van der Waals surface area contributed by atoms with Crippen LogP contribution in [0.25, 0.3) is 10.8 Å². The molecule has 2 rings (SSSR count). The van der Waals surface area contributed by atoms with Crippen LogP contribution in [0.3, 0.4) is 0 Å². The second-order valence-corrected chi connectivity index (χ2v) is 7.63. The van der Waals surface area contributed by atoms with Gasteiger partial charge in [0, 0.05) is 13.1 Å². The molecule has 0 aliphatic rings. The molecule has 1 unspecified atom stereocenters. The second-order valence-electron chi connectivity index (χ2n) is 7.63. The predicted molar refractivity (Wildman–Crippen MR) is 126 cm³/mol. The maximum absolute atomic E-state index is 11.9. The summed E-state index contributed by atoms with van der Waals surface area (Å²) in [5.41, 5.74) is 6.34. The summed E-state index contributed by atoms with van der Waals surface area (Å²) in [5.74, 6) is 0.822. The van der Waals surface area contributed by atoms with Gasteiger partial charge in [0.2, 0.25) is 5.91 Å². The SMILES string of the molecule is CCCC(CC)CCNC(=O)CNCc1ccc2ccccc2c1.CCCCN. The Hall–Kier alpha value is -1.91. The average molecular weight is 400 g/mol. The number of hydrogen-bond acceptors (Lipinski definition) is 3. The summed E-state index contributed by atoms with van der Waals surface area (Å²) in [6.45, 7) is 9.30. The highest BCUT2D eigenvalue weighted by Crippen LogP contribution is 2.15. The van der Waals surface area contributed by atoms with Crippen LogP contribution in [0.1, 0.15) is 64.9 Å². The zero-order chi connectivity index (χ0) is 21.3. The smallest absolute Gasteiger partial charge is 0.233 e. The molecule has 0 radical (unpaired) electrons. The Morgan fingerprint density at radius 1 is 1.00 bits per heavy atom. The van der Waals surface area contributed by atoms with Gasteiger partial charge < -0.3 is 16.4 Å². The lowest BCUT2D eigenvalue weighted by Crippen LogP contribution is -2.34. The van der Waals surface area contributed by atoms with E-state index in [1.54, 1.807) is 0 Å². The molecule has 0 heterocycles. The summed E-state index contributed by atoms with van der Waals surface area (Å²) in [5, 5.41) is 8.74. The first-order chi connectivity index (χ1) is 14.1. The van der Waals surface area contributed by atoms with E-state index in [9.17, 15) is 4.79 Å². The van der Waals surface area contributed by atoms with E-state index < -0.39 is 0 Å². The molecule has 0 aliphatic heterocycles. The number of fused-ring (bicyclic) bond motifs is 1. The highest BCUT2D eigenvalue weighted by Gasteiger charge is 2.06. The van der Waals surface area contributed by atoms with Crippen LogP contribution in [0, 0.1) is 5.92 Å². The second kappa shape index (κ2) is 15.9. The van der Waals surface area contributed by atoms with Crippen LogP contribution in [0.4, 0.5) is 0 Å². The van der Waals surface area contributed by atoms with E-state index in [0.717, 1.165) is 25.4 Å². The number of nitrogens with two attached hydrogens (primary N) is 1. The van der Waals surface area contributed by atoms with Gasteiger partial charge in [0.25, 0.3) is 0 Å². The third kappa shape index (κ3) is 11.0. The molecule has 4 heteroatoms. The maximum Gasteiger partial charge on any atom is 0.233 e. The number of benzene rings is 2. The number of amides is 1. The van der Waals surface area contributed by atoms with Crippen molar-refractivity contribution in [3.05, 3.63) is 48.0 Å². The largest absolute Gasteiger partial charge is 0.355 e.